The quantitative estimate of drug-likeness (QED) is 0.668. The van der Waals surface area contributed by atoms with Crippen LogP contribution in [0.15, 0.2) is 29.2 Å². The van der Waals surface area contributed by atoms with E-state index < -0.39 is 12.0 Å². The maximum atomic E-state index is 11.9. The molecule has 0 bridgehead atoms. The molecule has 0 radical (unpaired) electrons. The van der Waals surface area contributed by atoms with Gasteiger partial charge in [-0.15, -0.1) is 11.8 Å². The standard InChI is InChI=1S/C14H18N2O3S/c1-20-11-5-3-2-4-10(11)16-12(17)8-15-13(14(18)19)9-6-7-9/h2-5,9,13,15H,6-8H2,1H3,(H,16,17)(H,18,19). The second-order valence-electron chi connectivity index (χ2n) is 4.78. The van der Waals surface area contributed by atoms with Crippen molar-refractivity contribution in [3.8, 4) is 0 Å². The zero-order valence-electron chi connectivity index (χ0n) is 11.3. The molecule has 6 heteroatoms. The minimum Gasteiger partial charge on any atom is -0.480 e. The van der Waals surface area contributed by atoms with Crippen LogP contribution in [0.4, 0.5) is 5.69 Å². The zero-order valence-corrected chi connectivity index (χ0v) is 12.1. The van der Waals surface area contributed by atoms with Crippen LogP contribution in [-0.2, 0) is 9.59 Å². The molecule has 108 valence electrons. The van der Waals surface area contributed by atoms with Crippen molar-refractivity contribution in [1.29, 1.82) is 0 Å². The third-order valence-corrected chi connectivity index (χ3v) is 4.02. The van der Waals surface area contributed by atoms with Crippen molar-refractivity contribution in [2.45, 2.75) is 23.8 Å². The van der Waals surface area contributed by atoms with Crippen LogP contribution in [-0.4, -0.2) is 35.8 Å². The van der Waals surface area contributed by atoms with Gasteiger partial charge in [-0.3, -0.25) is 14.9 Å². The Morgan fingerprint density at radius 2 is 2.10 bits per heavy atom. The van der Waals surface area contributed by atoms with Gasteiger partial charge in [0.1, 0.15) is 6.04 Å². The number of carbonyl (C=O) groups excluding carboxylic acids is 1. The first-order valence-electron chi connectivity index (χ1n) is 6.51. The topological polar surface area (TPSA) is 78.4 Å². The first-order chi connectivity index (χ1) is 9.61. The fourth-order valence-corrected chi connectivity index (χ4v) is 2.58. The molecular weight excluding hydrogens is 276 g/mol. The van der Waals surface area contributed by atoms with Gasteiger partial charge in [-0.2, -0.15) is 0 Å². The lowest BCUT2D eigenvalue weighted by Gasteiger charge is -2.14. The molecule has 1 aromatic rings. The normalized spacial score (nSPS) is 15.7. The Labute approximate surface area is 122 Å². The molecule has 1 saturated carbocycles. The smallest absolute Gasteiger partial charge is 0.320 e. The number of carboxylic acids is 1. The second-order valence-corrected chi connectivity index (χ2v) is 5.63. The van der Waals surface area contributed by atoms with E-state index in [0.717, 1.165) is 23.4 Å². The van der Waals surface area contributed by atoms with E-state index in [-0.39, 0.29) is 18.4 Å². The summed E-state index contributed by atoms with van der Waals surface area (Å²) in [7, 11) is 0. The van der Waals surface area contributed by atoms with E-state index in [9.17, 15) is 9.59 Å². The maximum Gasteiger partial charge on any atom is 0.320 e. The highest BCUT2D eigenvalue weighted by Crippen LogP contribution is 2.32. The van der Waals surface area contributed by atoms with E-state index in [1.807, 2.05) is 30.5 Å². The molecule has 1 aromatic carbocycles. The van der Waals surface area contributed by atoms with Crippen molar-refractivity contribution < 1.29 is 14.7 Å². The summed E-state index contributed by atoms with van der Waals surface area (Å²) in [5.41, 5.74) is 0.755. The van der Waals surface area contributed by atoms with Crippen molar-refractivity contribution in [3.05, 3.63) is 24.3 Å². The van der Waals surface area contributed by atoms with Gasteiger partial charge in [-0.25, -0.2) is 0 Å². The van der Waals surface area contributed by atoms with Gasteiger partial charge in [0.05, 0.1) is 12.2 Å². The highest BCUT2D eigenvalue weighted by atomic mass is 32.2. The van der Waals surface area contributed by atoms with E-state index in [1.165, 1.54) is 0 Å². The third-order valence-electron chi connectivity index (χ3n) is 3.22. The van der Waals surface area contributed by atoms with E-state index >= 15 is 0 Å². The average molecular weight is 294 g/mol. The Morgan fingerprint density at radius 3 is 2.70 bits per heavy atom. The number of carbonyl (C=O) groups is 2. The molecule has 1 amide bonds. The molecule has 0 spiro atoms. The number of aliphatic carboxylic acids is 1. The van der Waals surface area contributed by atoms with Crippen LogP contribution >= 0.6 is 11.8 Å². The Hall–Kier alpha value is -1.53. The number of para-hydroxylation sites is 1. The van der Waals surface area contributed by atoms with E-state index in [4.69, 9.17) is 5.11 Å². The second kappa shape index (κ2) is 6.76. The number of carboxylic acid groups (broad SMARTS) is 1. The molecule has 1 aliphatic carbocycles. The van der Waals surface area contributed by atoms with Crippen molar-refractivity contribution in [1.82, 2.24) is 5.32 Å². The largest absolute Gasteiger partial charge is 0.480 e. The predicted octanol–water partition coefficient (Wildman–Crippen LogP) is 1.80. The zero-order chi connectivity index (χ0) is 14.5. The summed E-state index contributed by atoms with van der Waals surface area (Å²) < 4.78 is 0. The van der Waals surface area contributed by atoms with Crippen LogP contribution in [0.3, 0.4) is 0 Å². The Bertz CT molecular complexity index is 503. The maximum absolute atomic E-state index is 11.9. The monoisotopic (exact) mass is 294 g/mol. The van der Waals surface area contributed by atoms with Crippen molar-refractivity contribution in [2.75, 3.05) is 18.1 Å². The number of amides is 1. The molecule has 0 saturated heterocycles. The summed E-state index contributed by atoms with van der Waals surface area (Å²) in [4.78, 5) is 23.9. The molecule has 0 heterocycles. The van der Waals surface area contributed by atoms with Gasteiger partial charge >= 0.3 is 5.97 Å². The number of rotatable bonds is 7. The van der Waals surface area contributed by atoms with Gasteiger partial charge in [0.25, 0.3) is 0 Å². The first-order valence-corrected chi connectivity index (χ1v) is 7.73. The molecule has 20 heavy (non-hydrogen) atoms. The molecule has 5 nitrogen and oxygen atoms in total. The number of hydrogen-bond donors (Lipinski definition) is 3. The molecule has 2 rings (SSSR count). The van der Waals surface area contributed by atoms with E-state index in [2.05, 4.69) is 10.6 Å². The van der Waals surface area contributed by atoms with Crippen LogP contribution in [0.1, 0.15) is 12.8 Å². The average Bonchev–Trinajstić information content (AvgIpc) is 3.24. The predicted molar refractivity (Wildman–Crippen MR) is 79.0 cm³/mol. The third kappa shape index (κ3) is 3.98. The van der Waals surface area contributed by atoms with Gasteiger partial charge in [-0.1, -0.05) is 12.1 Å². The van der Waals surface area contributed by atoms with Gasteiger partial charge in [0.15, 0.2) is 0 Å². The molecule has 1 unspecified atom stereocenters. The summed E-state index contributed by atoms with van der Waals surface area (Å²) in [6.45, 7) is 0.0101. The van der Waals surface area contributed by atoms with Crippen LogP contribution < -0.4 is 10.6 Å². The molecular formula is C14H18N2O3S. The molecule has 0 aromatic heterocycles. The fraction of sp³-hybridized carbons (Fsp3) is 0.429. The van der Waals surface area contributed by atoms with Gasteiger partial charge in [0.2, 0.25) is 5.91 Å². The Balaban J connectivity index is 1.87. The molecule has 0 aliphatic heterocycles. The Morgan fingerprint density at radius 1 is 1.40 bits per heavy atom. The molecule has 1 aliphatic rings. The minimum atomic E-state index is -0.884. The van der Waals surface area contributed by atoms with Crippen molar-refractivity contribution in [3.63, 3.8) is 0 Å². The number of anilines is 1. The lowest BCUT2D eigenvalue weighted by Crippen LogP contribution is -2.42. The number of benzene rings is 1. The summed E-state index contributed by atoms with van der Waals surface area (Å²) in [6, 6.07) is 6.91. The van der Waals surface area contributed by atoms with Gasteiger partial charge in [0, 0.05) is 4.90 Å². The van der Waals surface area contributed by atoms with Crippen LogP contribution in [0.25, 0.3) is 0 Å². The Kier molecular flexibility index (Phi) is 5.03. The van der Waals surface area contributed by atoms with E-state index in [1.54, 1.807) is 11.8 Å². The van der Waals surface area contributed by atoms with Crippen LogP contribution in [0, 0.1) is 5.92 Å². The van der Waals surface area contributed by atoms with Crippen molar-refractivity contribution in [2.24, 2.45) is 5.92 Å². The summed E-state index contributed by atoms with van der Waals surface area (Å²) in [5, 5.41) is 14.7. The first kappa shape index (κ1) is 14.9. The van der Waals surface area contributed by atoms with Gasteiger partial charge in [-0.05, 0) is 37.1 Å². The molecule has 1 atom stereocenters. The number of thioether (sulfide) groups is 1. The SMILES string of the molecule is CSc1ccccc1NC(=O)CNC(C(=O)O)C1CC1. The fourth-order valence-electron chi connectivity index (χ4n) is 2.03. The lowest BCUT2D eigenvalue weighted by atomic mass is 10.2. The van der Waals surface area contributed by atoms with Crippen molar-refractivity contribution >= 4 is 29.3 Å². The lowest BCUT2D eigenvalue weighted by molar-refractivity contribution is -0.140. The highest BCUT2D eigenvalue weighted by molar-refractivity contribution is 7.98. The number of nitrogens with one attached hydrogen (secondary N) is 2. The molecule has 3 N–H and O–H groups in total. The minimum absolute atomic E-state index is 0.0101. The summed E-state index contributed by atoms with van der Waals surface area (Å²) in [5.74, 6) is -0.943. The molecule has 1 fully saturated rings. The van der Waals surface area contributed by atoms with Crippen LogP contribution in [0.5, 0.6) is 0 Å². The van der Waals surface area contributed by atoms with Crippen LogP contribution in [0.2, 0.25) is 0 Å². The summed E-state index contributed by atoms with van der Waals surface area (Å²) >= 11 is 1.55. The highest BCUT2D eigenvalue weighted by Gasteiger charge is 2.36. The van der Waals surface area contributed by atoms with E-state index in [0.29, 0.717) is 0 Å². The summed E-state index contributed by atoms with van der Waals surface area (Å²) in [6.07, 6.45) is 3.78. The van der Waals surface area contributed by atoms with Gasteiger partial charge < -0.3 is 10.4 Å². The number of hydrogen-bond acceptors (Lipinski definition) is 4.